The zero-order valence-electron chi connectivity index (χ0n) is 17.1. The summed E-state index contributed by atoms with van der Waals surface area (Å²) in [7, 11) is 0. The molecule has 0 aliphatic rings. The topological polar surface area (TPSA) is 89.5 Å². The average molecular weight is 423 g/mol. The van der Waals surface area contributed by atoms with Crippen molar-refractivity contribution in [3.05, 3.63) is 70.5 Å². The number of hydrogen-bond acceptors (Lipinski definition) is 7. The van der Waals surface area contributed by atoms with Crippen LogP contribution < -0.4 is 0 Å². The van der Waals surface area contributed by atoms with Crippen LogP contribution in [0.3, 0.4) is 0 Å². The number of hydrogen-bond donors (Lipinski definition) is 0. The molecule has 0 saturated carbocycles. The van der Waals surface area contributed by atoms with Gasteiger partial charge in [-0.1, -0.05) is 24.3 Å². The van der Waals surface area contributed by atoms with E-state index in [4.69, 9.17) is 4.84 Å². The minimum Gasteiger partial charge on any atom is -0.338 e. The first-order chi connectivity index (χ1) is 14.3. The molecule has 2 heterocycles. The predicted molar refractivity (Wildman–Crippen MR) is 113 cm³/mol. The Morgan fingerprint density at radius 1 is 1.10 bits per heavy atom. The van der Waals surface area contributed by atoms with Gasteiger partial charge < -0.3 is 4.84 Å². The molecule has 0 aliphatic carbocycles. The molecule has 0 spiro atoms. The second-order valence-corrected chi connectivity index (χ2v) is 7.71. The highest BCUT2D eigenvalue weighted by Gasteiger charge is 2.30. The van der Waals surface area contributed by atoms with E-state index < -0.39 is 17.9 Å². The lowest BCUT2D eigenvalue weighted by atomic mass is 10.1. The number of benzene rings is 1. The van der Waals surface area contributed by atoms with Crippen molar-refractivity contribution in [2.24, 2.45) is 0 Å². The van der Waals surface area contributed by atoms with Crippen molar-refractivity contribution < 1.29 is 19.2 Å². The highest BCUT2D eigenvalue weighted by Crippen LogP contribution is 2.31. The van der Waals surface area contributed by atoms with E-state index >= 15 is 0 Å². The number of Topliss-reactive ketones (excluding diaryl/α,β-unsaturated/α-hetero) is 1. The molecule has 0 fully saturated rings. The van der Waals surface area contributed by atoms with E-state index in [9.17, 15) is 14.4 Å². The van der Waals surface area contributed by atoms with Crippen LogP contribution in [0.5, 0.6) is 0 Å². The van der Waals surface area contributed by atoms with Gasteiger partial charge in [-0.15, -0.1) is 11.3 Å². The number of aryl methyl sites for hydroxylation is 1. The Balaban J connectivity index is 1.97. The van der Waals surface area contributed by atoms with Crippen LogP contribution in [0.25, 0.3) is 10.6 Å². The normalized spacial score (nSPS) is 11.6. The molecule has 2 aromatic heterocycles. The zero-order chi connectivity index (χ0) is 21.8. The van der Waals surface area contributed by atoms with Crippen LogP contribution in [0.1, 0.15) is 58.2 Å². The summed E-state index contributed by atoms with van der Waals surface area (Å²) in [6, 6.07) is 11.8. The van der Waals surface area contributed by atoms with Crippen molar-refractivity contribution in [3.63, 3.8) is 0 Å². The van der Waals surface area contributed by atoms with Crippen molar-refractivity contribution in [1.82, 2.24) is 15.0 Å². The quantitative estimate of drug-likeness (QED) is 0.446. The van der Waals surface area contributed by atoms with Crippen LogP contribution in [-0.2, 0) is 9.63 Å². The monoisotopic (exact) mass is 423 g/mol. The van der Waals surface area contributed by atoms with E-state index in [1.807, 2.05) is 6.07 Å². The Morgan fingerprint density at radius 3 is 2.50 bits per heavy atom. The fourth-order valence-electron chi connectivity index (χ4n) is 2.87. The van der Waals surface area contributed by atoms with Gasteiger partial charge in [-0.2, -0.15) is 5.06 Å². The van der Waals surface area contributed by atoms with Gasteiger partial charge in [0.05, 0.1) is 11.4 Å². The van der Waals surface area contributed by atoms with Gasteiger partial charge in [0.1, 0.15) is 15.9 Å². The predicted octanol–water partition coefficient (Wildman–Crippen LogP) is 4.40. The Morgan fingerprint density at radius 2 is 1.87 bits per heavy atom. The first-order valence-corrected chi connectivity index (χ1v) is 10.1. The summed E-state index contributed by atoms with van der Waals surface area (Å²) in [5.74, 6) is -1.14. The number of rotatable bonds is 5. The largest absolute Gasteiger partial charge is 0.338 e. The molecule has 1 atom stereocenters. The summed E-state index contributed by atoms with van der Waals surface area (Å²) in [6.07, 6.45) is 1.61. The lowest BCUT2D eigenvalue weighted by molar-refractivity contribution is -0.183. The van der Waals surface area contributed by atoms with E-state index in [1.54, 1.807) is 56.4 Å². The molecule has 1 unspecified atom stereocenters. The molecule has 0 N–H and O–H groups in total. The van der Waals surface area contributed by atoms with Gasteiger partial charge in [0.25, 0.3) is 5.91 Å². The molecule has 1 aromatic carbocycles. The molecule has 154 valence electrons. The summed E-state index contributed by atoms with van der Waals surface area (Å²) in [4.78, 5) is 51.0. The molecule has 1 amide bonds. The zero-order valence-corrected chi connectivity index (χ0v) is 17.9. The minimum atomic E-state index is -0.609. The first-order valence-electron chi connectivity index (χ1n) is 9.29. The van der Waals surface area contributed by atoms with Crippen LogP contribution >= 0.6 is 11.3 Å². The van der Waals surface area contributed by atoms with Crippen molar-refractivity contribution in [3.8, 4) is 10.6 Å². The van der Waals surface area contributed by atoms with Crippen molar-refractivity contribution >= 4 is 29.0 Å². The van der Waals surface area contributed by atoms with Gasteiger partial charge in [0, 0.05) is 24.2 Å². The number of nitrogens with zero attached hydrogens (tertiary/aromatic N) is 3. The number of hydroxylamine groups is 2. The number of thiazole rings is 1. The molecule has 0 radical (unpaired) electrons. The van der Waals surface area contributed by atoms with E-state index in [-0.39, 0.29) is 5.78 Å². The molecule has 30 heavy (non-hydrogen) atoms. The Kier molecular flexibility index (Phi) is 6.37. The lowest BCUT2D eigenvalue weighted by Crippen LogP contribution is -2.35. The van der Waals surface area contributed by atoms with Gasteiger partial charge in [-0.05, 0) is 39.0 Å². The van der Waals surface area contributed by atoms with E-state index in [1.165, 1.54) is 25.2 Å². The second kappa shape index (κ2) is 8.96. The number of pyridine rings is 1. The molecule has 8 heteroatoms. The standard InChI is InChI=1S/C22H21N3O4S/c1-13-20(30-21(24-13)18-9-7-8-17(12-18)15(3)26)22(28)25(29-16(4)27)14(2)19-10-5-6-11-23-19/h5-12,14H,1-4H3. The second-order valence-electron chi connectivity index (χ2n) is 6.71. The van der Waals surface area contributed by atoms with Crippen molar-refractivity contribution in [2.45, 2.75) is 33.7 Å². The van der Waals surface area contributed by atoms with Gasteiger partial charge in [0.15, 0.2) is 5.78 Å². The van der Waals surface area contributed by atoms with E-state index in [0.29, 0.717) is 26.8 Å². The molecule has 0 aliphatic heterocycles. The summed E-state index contributed by atoms with van der Waals surface area (Å²) in [5, 5.41) is 1.63. The third-order valence-electron chi connectivity index (χ3n) is 4.40. The molecular formula is C22H21N3O4S. The number of carbonyl (C=O) groups is 3. The fourth-order valence-corrected chi connectivity index (χ4v) is 3.86. The molecule has 0 bridgehead atoms. The summed E-state index contributed by atoms with van der Waals surface area (Å²) < 4.78 is 0. The number of carbonyl (C=O) groups excluding carboxylic acids is 3. The van der Waals surface area contributed by atoms with Crippen LogP contribution in [-0.4, -0.2) is 32.7 Å². The lowest BCUT2D eigenvalue weighted by Gasteiger charge is -2.26. The van der Waals surface area contributed by atoms with Gasteiger partial charge in [-0.25, -0.2) is 4.98 Å². The minimum absolute atomic E-state index is 0.0494. The number of amides is 1. The number of aromatic nitrogens is 2. The van der Waals surface area contributed by atoms with Gasteiger partial charge >= 0.3 is 5.97 Å². The summed E-state index contributed by atoms with van der Waals surface area (Å²) in [6.45, 7) is 6.19. The SMILES string of the molecule is CC(=O)ON(C(=O)c1sc(-c2cccc(C(C)=O)c2)nc1C)C(C)c1ccccn1. The molecule has 3 rings (SSSR count). The van der Waals surface area contributed by atoms with E-state index in [2.05, 4.69) is 9.97 Å². The maximum atomic E-state index is 13.3. The Labute approximate surface area is 178 Å². The molecule has 3 aromatic rings. The van der Waals surface area contributed by atoms with Crippen LogP contribution in [0.2, 0.25) is 0 Å². The van der Waals surface area contributed by atoms with Crippen molar-refractivity contribution in [2.75, 3.05) is 0 Å². The van der Waals surface area contributed by atoms with E-state index in [0.717, 1.165) is 10.6 Å². The smallest absolute Gasteiger partial charge is 0.329 e. The molecule has 0 saturated heterocycles. The first kappa shape index (κ1) is 21.3. The highest BCUT2D eigenvalue weighted by molar-refractivity contribution is 7.17. The fraction of sp³-hybridized carbons (Fsp3) is 0.227. The molecule has 7 nitrogen and oxygen atoms in total. The van der Waals surface area contributed by atoms with Crippen LogP contribution in [0, 0.1) is 6.92 Å². The third-order valence-corrected chi connectivity index (χ3v) is 5.60. The Hall–Kier alpha value is -3.39. The van der Waals surface area contributed by atoms with Crippen LogP contribution in [0.15, 0.2) is 48.7 Å². The van der Waals surface area contributed by atoms with Gasteiger partial charge in [0.2, 0.25) is 0 Å². The third kappa shape index (κ3) is 4.60. The maximum absolute atomic E-state index is 13.3. The van der Waals surface area contributed by atoms with Gasteiger partial charge in [-0.3, -0.25) is 19.4 Å². The highest BCUT2D eigenvalue weighted by atomic mass is 32.1. The number of ketones is 1. The average Bonchev–Trinajstić information content (AvgIpc) is 3.13. The van der Waals surface area contributed by atoms with Crippen LogP contribution in [0.4, 0.5) is 0 Å². The summed E-state index contributed by atoms with van der Waals surface area (Å²) >= 11 is 1.18. The summed E-state index contributed by atoms with van der Waals surface area (Å²) in [5.41, 5.74) is 2.41. The molecular weight excluding hydrogens is 402 g/mol. The Bertz CT molecular complexity index is 1090. The van der Waals surface area contributed by atoms with Crippen molar-refractivity contribution in [1.29, 1.82) is 0 Å². The maximum Gasteiger partial charge on any atom is 0.329 e.